The number of sulfonamides is 1. The van der Waals surface area contributed by atoms with Crippen LogP contribution in [0.5, 0.6) is 5.88 Å². The van der Waals surface area contributed by atoms with Crippen molar-refractivity contribution in [3.05, 3.63) is 34.2 Å². The van der Waals surface area contributed by atoms with Crippen LogP contribution < -0.4 is 14.8 Å². The maximum absolute atomic E-state index is 12.7. The second kappa shape index (κ2) is 8.05. The van der Waals surface area contributed by atoms with Crippen LogP contribution in [-0.2, 0) is 10.0 Å². The van der Waals surface area contributed by atoms with Gasteiger partial charge >= 0.3 is 6.03 Å². The first-order valence-electron chi connectivity index (χ1n) is 8.39. The number of hydrogen-bond acceptors (Lipinski definition) is 7. The van der Waals surface area contributed by atoms with Gasteiger partial charge < -0.3 is 4.74 Å². The number of nitrogens with one attached hydrogen (secondary N) is 2. The van der Waals surface area contributed by atoms with Gasteiger partial charge in [0.05, 0.1) is 12.0 Å². The number of ether oxygens (including phenoxy) is 1. The molecule has 0 bridgehead atoms. The summed E-state index contributed by atoms with van der Waals surface area (Å²) in [6, 6.07) is 2.17. The number of carbonyl (C=O) groups is 1. The first-order valence-corrected chi connectivity index (χ1v) is 10.8. The second-order valence-electron chi connectivity index (χ2n) is 6.02. The van der Waals surface area contributed by atoms with E-state index in [0.717, 1.165) is 31.3 Å². The third kappa shape index (κ3) is 4.64. The van der Waals surface area contributed by atoms with Gasteiger partial charge in [-0.05, 0) is 49.6 Å². The fraction of sp³-hybridized carbons (Fsp3) is 0.353. The Bertz CT molecular complexity index is 983. The molecule has 2 aromatic heterocycles. The quantitative estimate of drug-likeness (QED) is 0.785. The van der Waals surface area contributed by atoms with Gasteiger partial charge in [0.1, 0.15) is 4.90 Å². The van der Waals surface area contributed by atoms with Gasteiger partial charge in [-0.3, -0.25) is 5.32 Å². The van der Waals surface area contributed by atoms with Crippen LogP contribution >= 0.6 is 11.3 Å². The molecule has 2 N–H and O–H groups in total. The first-order chi connectivity index (χ1) is 12.9. The van der Waals surface area contributed by atoms with Crippen LogP contribution in [0.25, 0.3) is 5.57 Å². The Morgan fingerprint density at radius 1 is 1.30 bits per heavy atom. The highest BCUT2D eigenvalue weighted by Gasteiger charge is 2.25. The van der Waals surface area contributed by atoms with Crippen LogP contribution in [-0.4, -0.2) is 31.5 Å². The monoisotopic (exact) mass is 408 g/mol. The predicted molar refractivity (Wildman–Crippen MR) is 103 cm³/mol. The maximum Gasteiger partial charge on any atom is 0.335 e. The van der Waals surface area contributed by atoms with E-state index in [0.29, 0.717) is 10.6 Å². The van der Waals surface area contributed by atoms with Crippen molar-refractivity contribution in [2.24, 2.45) is 0 Å². The first kappa shape index (κ1) is 19.3. The number of thiophene rings is 1. The molecule has 0 saturated heterocycles. The molecule has 2 aromatic rings. The number of nitrogens with zero attached hydrogens (tertiary/aromatic N) is 2. The SMILES string of the molecule is COc1cc(C)nc(NC(=O)NS(=O)(=O)c2ccsc2C2=CCCCC2)n1. The molecule has 1 aliphatic carbocycles. The van der Waals surface area contributed by atoms with Crippen molar-refractivity contribution in [2.45, 2.75) is 37.5 Å². The standard InChI is InChI=1S/C17H20N4O4S2/c1-11-10-14(25-2)19-16(18-11)20-17(22)21-27(23,24)13-8-9-26-15(13)12-6-4-3-5-7-12/h6,8-10H,3-5,7H2,1-2H3,(H2,18,19,20,21,22). The molecule has 0 atom stereocenters. The average molecular weight is 409 g/mol. The topological polar surface area (TPSA) is 110 Å². The number of amides is 2. The van der Waals surface area contributed by atoms with Crippen molar-refractivity contribution in [2.75, 3.05) is 12.4 Å². The molecule has 0 fully saturated rings. The van der Waals surface area contributed by atoms with Crippen molar-refractivity contribution < 1.29 is 17.9 Å². The Morgan fingerprint density at radius 2 is 2.11 bits per heavy atom. The molecule has 0 spiro atoms. The van der Waals surface area contributed by atoms with Crippen LogP contribution in [0.2, 0.25) is 0 Å². The van der Waals surface area contributed by atoms with Gasteiger partial charge in [-0.1, -0.05) is 6.08 Å². The van der Waals surface area contributed by atoms with E-state index >= 15 is 0 Å². The molecule has 0 radical (unpaired) electrons. The Kier molecular flexibility index (Phi) is 5.76. The van der Waals surface area contributed by atoms with Crippen LogP contribution in [0.15, 0.2) is 28.5 Å². The number of allylic oxidation sites excluding steroid dienone is 2. The molecule has 10 heteroatoms. The van der Waals surface area contributed by atoms with Crippen molar-refractivity contribution in [3.8, 4) is 5.88 Å². The van der Waals surface area contributed by atoms with Crippen molar-refractivity contribution >= 4 is 38.9 Å². The van der Waals surface area contributed by atoms with E-state index in [1.807, 2.05) is 4.72 Å². The minimum Gasteiger partial charge on any atom is -0.481 e. The van der Waals surface area contributed by atoms with Gasteiger partial charge in [0.15, 0.2) is 0 Å². The number of urea groups is 1. The zero-order valence-electron chi connectivity index (χ0n) is 15.0. The molecule has 0 saturated carbocycles. The van der Waals surface area contributed by atoms with Crippen LogP contribution in [0.3, 0.4) is 0 Å². The highest BCUT2D eigenvalue weighted by atomic mass is 32.2. The molecule has 144 valence electrons. The zero-order valence-corrected chi connectivity index (χ0v) is 16.6. The Labute approximate surface area is 161 Å². The molecular weight excluding hydrogens is 388 g/mol. The summed E-state index contributed by atoms with van der Waals surface area (Å²) in [5.74, 6) is 0.227. The van der Waals surface area contributed by atoms with Gasteiger partial charge in [0.2, 0.25) is 11.8 Å². The number of methoxy groups -OCH3 is 1. The molecule has 0 aromatic carbocycles. The van der Waals surface area contributed by atoms with Crippen LogP contribution in [0.1, 0.15) is 36.3 Å². The number of carbonyl (C=O) groups excluding carboxylic acids is 1. The fourth-order valence-electron chi connectivity index (χ4n) is 2.79. The van der Waals surface area contributed by atoms with Gasteiger partial charge in [-0.15, -0.1) is 11.3 Å². The molecule has 0 unspecified atom stereocenters. The lowest BCUT2D eigenvalue weighted by atomic mass is 9.99. The van der Waals surface area contributed by atoms with E-state index in [9.17, 15) is 13.2 Å². The summed E-state index contributed by atoms with van der Waals surface area (Å²) in [7, 11) is -2.58. The largest absolute Gasteiger partial charge is 0.481 e. The third-order valence-corrected chi connectivity index (χ3v) is 6.49. The maximum atomic E-state index is 12.7. The highest BCUT2D eigenvalue weighted by Crippen LogP contribution is 2.34. The average Bonchev–Trinajstić information content (AvgIpc) is 3.12. The fourth-order valence-corrected chi connectivity index (χ4v) is 5.24. The molecule has 0 aliphatic heterocycles. The van der Waals surface area contributed by atoms with Gasteiger partial charge in [0.25, 0.3) is 10.0 Å². The summed E-state index contributed by atoms with van der Waals surface area (Å²) >= 11 is 1.36. The summed E-state index contributed by atoms with van der Waals surface area (Å²) < 4.78 is 32.4. The molecule has 1 aliphatic rings. The minimum absolute atomic E-state index is 0.0416. The highest BCUT2D eigenvalue weighted by molar-refractivity contribution is 7.90. The summed E-state index contributed by atoms with van der Waals surface area (Å²) in [5, 5.41) is 4.05. The smallest absolute Gasteiger partial charge is 0.335 e. The number of rotatable bonds is 5. The number of aromatic nitrogens is 2. The summed E-state index contributed by atoms with van der Waals surface area (Å²) in [5.41, 5.74) is 1.59. The number of hydrogen-bond donors (Lipinski definition) is 2. The lowest BCUT2D eigenvalue weighted by Crippen LogP contribution is -2.35. The van der Waals surface area contributed by atoms with E-state index < -0.39 is 16.1 Å². The Morgan fingerprint density at radius 3 is 2.81 bits per heavy atom. The third-order valence-electron chi connectivity index (χ3n) is 3.99. The summed E-state index contributed by atoms with van der Waals surface area (Å²) in [6.07, 6.45) is 5.99. The molecule has 8 nitrogen and oxygen atoms in total. The molecule has 2 heterocycles. The summed E-state index contributed by atoms with van der Waals surface area (Å²) in [4.78, 5) is 21.0. The summed E-state index contributed by atoms with van der Waals surface area (Å²) in [6.45, 7) is 1.71. The Hall–Kier alpha value is -2.46. The molecule has 2 amide bonds. The second-order valence-corrected chi connectivity index (χ2v) is 8.59. The van der Waals surface area contributed by atoms with Gasteiger partial charge in [-0.25, -0.2) is 22.9 Å². The minimum atomic E-state index is -4.02. The van der Waals surface area contributed by atoms with Crippen molar-refractivity contribution in [1.29, 1.82) is 0 Å². The van der Waals surface area contributed by atoms with E-state index in [1.54, 1.807) is 18.4 Å². The van der Waals surface area contributed by atoms with E-state index in [4.69, 9.17) is 4.74 Å². The predicted octanol–water partition coefficient (Wildman–Crippen LogP) is 3.32. The lowest BCUT2D eigenvalue weighted by molar-refractivity contribution is 0.256. The van der Waals surface area contributed by atoms with Crippen molar-refractivity contribution in [3.63, 3.8) is 0 Å². The molecule has 27 heavy (non-hydrogen) atoms. The van der Waals surface area contributed by atoms with Crippen molar-refractivity contribution in [1.82, 2.24) is 14.7 Å². The Balaban J connectivity index is 1.77. The number of anilines is 1. The van der Waals surface area contributed by atoms with E-state index in [1.165, 1.54) is 24.5 Å². The van der Waals surface area contributed by atoms with E-state index in [2.05, 4.69) is 21.4 Å². The molecular formula is C17H20N4O4S2. The van der Waals surface area contributed by atoms with Crippen LogP contribution in [0.4, 0.5) is 10.7 Å². The van der Waals surface area contributed by atoms with Gasteiger partial charge in [-0.2, -0.15) is 4.98 Å². The van der Waals surface area contributed by atoms with Crippen LogP contribution in [0, 0.1) is 6.92 Å². The van der Waals surface area contributed by atoms with E-state index in [-0.39, 0.29) is 16.7 Å². The molecule has 3 rings (SSSR count). The zero-order chi connectivity index (χ0) is 19.4. The van der Waals surface area contributed by atoms with Gasteiger partial charge in [0, 0.05) is 11.8 Å². The normalized spacial score (nSPS) is 14.4. The number of aryl methyl sites for hydroxylation is 1. The lowest BCUT2D eigenvalue weighted by Gasteiger charge is -2.14.